The van der Waals surface area contributed by atoms with Gasteiger partial charge >= 0.3 is 0 Å². The number of hydrogen-bond donors (Lipinski definition) is 0. The zero-order chi connectivity index (χ0) is 15.9. The zero-order valence-corrected chi connectivity index (χ0v) is 13.8. The van der Waals surface area contributed by atoms with E-state index in [2.05, 4.69) is 58.9 Å². The molecule has 2 aliphatic carbocycles. The minimum absolute atomic E-state index is 0.164. The van der Waals surface area contributed by atoms with Gasteiger partial charge in [-0.15, -0.1) is 0 Å². The summed E-state index contributed by atoms with van der Waals surface area (Å²) in [6.07, 6.45) is 7.01. The second-order valence-electron chi connectivity index (χ2n) is 7.65. The third-order valence-electron chi connectivity index (χ3n) is 6.37. The number of fused-ring (bicyclic) bond motifs is 4. The maximum absolute atomic E-state index is 5.34. The summed E-state index contributed by atoms with van der Waals surface area (Å²) in [5.41, 5.74) is 6.77. The van der Waals surface area contributed by atoms with Crippen LogP contribution in [0.2, 0.25) is 0 Å². The molecule has 2 saturated carbocycles. The van der Waals surface area contributed by atoms with E-state index in [1.54, 1.807) is 0 Å². The van der Waals surface area contributed by atoms with Crippen LogP contribution in [0.1, 0.15) is 42.4 Å². The predicted octanol–water partition coefficient (Wildman–Crippen LogP) is 4.22. The molecule has 2 fully saturated rings. The van der Waals surface area contributed by atoms with Crippen LogP contribution in [0.15, 0.2) is 53.8 Å². The largest absolute Gasteiger partial charge is 0.283 e. The van der Waals surface area contributed by atoms with E-state index in [0.717, 1.165) is 16.9 Å². The number of benzene rings is 2. The molecular weight excluding hydrogens is 294 g/mol. The molecule has 0 atom stereocenters. The molecule has 0 amide bonds. The fourth-order valence-corrected chi connectivity index (χ4v) is 4.82. The molecule has 6 rings (SSSR count). The van der Waals surface area contributed by atoms with Crippen molar-refractivity contribution in [3.05, 3.63) is 65.5 Å². The summed E-state index contributed by atoms with van der Waals surface area (Å²) in [4.78, 5) is 10.0. The molecule has 3 aliphatic rings. The van der Waals surface area contributed by atoms with Gasteiger partial charge in [0.1, 0.15) is 12.2 Å². The van der Waals surface area contributed by atoms with E-state index in [1.807, 2.05) is 6.33 Å². The average molecular weight is 313 g/mol. The lowest BCUT2D eigenvalue weighted by atomic mass is 9.80. The van der Waals surface area contributed by atoms with E-state index >= 15 is 0 Å². The number of aryl methyl sites for hydroxylation is 1. The summed E-state index contributed by atoms with van der Waals surface area (Å²) in [5, 5.41) is 0. The summed E-state index contributed by atoms with van der Waals surface area (Å²) in [7, 11) is 0. The second kappa shape index (κ2) is 3.97. The number of aliphatic imine (C=N–C) groups is 1. The lowest BCUT2D eigenvalue weighted by Crippen LogP contribution is -2.36. The molecule has 0 N–H and O–H groups in total. The molecule has 2 spiro atoms. The quantitative estimate of drug-likeness (QED) is 0.611. The first kappa shape index (κ1) is 12.9. The Morgan fingerprint density at radius 2 is 1.79 bits per heavy atom. The number of aromatic nitrogens is 2. The fourth-order valence-electron chi connectivity index (χ4n) is 4.82. The van der Waals surface area contributed by atoms with E-state index in [0.29, 0.717) is 5.41 Å². The minimum atomic E-state index is 0.164. The number of imidazole rings is 1. The lowest BCUT2D eigenvalue weighted by Gasteiger charge is -2.32. The molecule has 0 radical (unpaired) electrons. The van der Waals surface area contributed by atoms with E-state index in [4.69, 9.17) is 4.99 Å². The Balaban J connectivity index is 1.66. The predicted molar refractivity (Wildman–Crippen MR) is 95.7 cm³/mol. The first-order chi connectivity index (χ1) is 11.7. The Kier molecular flexibility index (Phi) is 2.14. The van der Waals surface area contributed by atoms with Gasteiger partial charge in [0.15, 0.2) is 0 Å². The number of rotatable bonds is 0. The van der Waals surface area contributed by atoms with Crippen LogP contribution in [0, 0.1) is 6.92 Å². The van der Waals surface area contributed by atoms with Crippen LogP contribution < -0.4 is 0 Å². The molecule has 2 aromatic carbocycles. The summed E-state index contributed by atoms with van der Waals surface area (Å²) < 4.78 is 2.20. The van der Waals surface area contributed by atoms with Gasteiger partial charge in [0.05, 0.1) is 16.6 Å². The van der Waals surface area contributed by atoms with Crippen molar-refractivity contribution in [3.8, 4) is 0 Å². The van der Waals surface area contributed by atoms with Gasteiger partial charge in [-0.1, -0.05) is 36.4 Å². The Bertz CT molecular complexity index is 1030. The van der Waals surface area contributed by atoms with Gasteiger partial charge in [0, 0.05) is 11.0 Å². The molecule has 1 aromatic heterocycles. The van der Waals surface area contributed by atoms with Gasteiger partial charge < -0.3 is 0 Å². The van der Waals surface area contributed by atoms with Gasteiger partial charge in [0.2, 0.25) is 0 Å². The van der Waals surface area contributed by atoms with Gasteiger partial charge in [-0.25, -0.2) is 4.98 Å². The lowest BCUT2D eigenvalue weighted by molar-refractivity contribution is 0.495. The highest BCUT2D eigenvalue weighted by Crippen LogP contribution is 2.69. The first-order valence-corrected chi connectivity index (χ1v) is 8.87. The Morgan fingerprint density at radius 1 is 0.958 bits per heavy atom. The summed E-state index contributed by atoms with van der Waals surface area (Å²) in [6, 6.07) is 15.3. The van der Waals surface area contributed by atoms with E-state index < -0.39 is 0 Å². The third kappa shape index (κ3) is 1.40. The van der Waals surface area contributed by atoms with E-state index in [-0.39, 0.29) is 5.54 Å². The normalized spacial score (nSPS) is 21.8. The van der Waals surface area contributed by atoms with Gasteiger partial charge in [-0.05, 0) is 49.8 Å². The molecule has 0 bridgehead atoms. The SMILES string of the molecule is Cc1cccc2c1ncn2C1=NC2(CC2)C2(CC2)c2ccccc21. The smallest absolute Gasteiger partial charge is 0.141 e. The summed E-state index contributed by atoms with van der Waals surface area (Å²) in [6.45, 7) is 2.12. The minimum Gasteiger partial charge on any atom is -0.283 e. The van der Waals surface area contributed by atoms with Gasteiger partial charge in [-0.2, -0.15) is 0 Å². The summed E-state index contributed by atoms with van der Waals surface area (Å²) >= 11 is 0. The first-order valence-electron chi connectivity index (χ1n) is 8.87. The number of para-hydroxylation sites is 1. The Labute approximate surface area is 141 Å². The van der Waals surface area contributed by atoms with Crippen molar-refractivity contribution in [3.63, 3.8) is 0 Å². The van der Waals surface area contributed by atoms with Crippen molar-refractivity contribution < 1.29 is 0 Å². The van der Waals surface area contributed by atoms with E-state index in [1.165, 1.54) is 42.4 Å². The zero-order valence-electron chi connectivity index (χ0n) is 13.8. The highest BCUT2D eigenvalue weighted by Gasteiger charge is 2.68. The molecule has 3 nitrogen and oxygen atoms in total. The highest BCUT2D eigenvalue weighted by atomic mass is 15.2. The molecular formula is C21H19N3. The third-order valence-corrected chi connectivity index (χ3v) is 6.37. The monoisotopic (exact) mass is 313 g/mol. The Morgan fingerprint density at radius 3 is 2.58 bits per heavy atom. The van der Waals surface area contributed by atoms with Crippen molar-refractivity contribution in [2.75, 3.05) is 0 Å². The fraction of sp³-hybridized carbons (Fsp3) is 0.333. The standard InChI is InChI=1S/C21H19N3/c1-14-5-4-8-17-18(14)22-13-24(17)19-15-6-2-3-7-16(15)20(9-10-20)21(23-19)11-12-21/h2-8,13H,9-12H2,1H3. The molecule has 24 heavy (non-hydrogen) atoms. The summed E-state index contributed by atoms with van der Waals surface area (Å²) in [5.74, 6) is 1.09. The van der Waals surface area contributed by atoms with Crippen molar-refractivity contribution in [2.45, 2.75) is 43.6 Å². The van der Waals surface area contributed by atoms with Crippen LogP contribution in [0.3, 0.4) is 0 Å². The van der Waals surface area contributed by atoms with E-state index in [9.17, 15) is 0 Å². The van der Waals surface area contributed by atoms with Crippen LogP contribution in [0.25, 0.3) is 11.0 Å². The van der Waals surface area contributed by atoms with Crippen molar-refractivity contribution in [2.24, 2.45) is 4.99 Å². The van der Waals surface area contributed by atoms with Crippen LogP contribution in [0.5, 0.6) is 0 Å². The van der Waals surface area contributed by atoms with Crippen molar-refractivity contribution in [1.82, 2.24) is 9.55 Å². The molecule has 1 aliphatic heterocycles. The van der Waals surface area contributed by atoms with Crippen LogP contribution in [0.4, 0.5) is 0 Å². The molecule has 0 saturated heterocycles. The molecule has 3 heteroatoms. The van der Waals surface area contributed by atoms with Crippen LogP contribution in [-0.2, 0) is 5.41 Å². The van der Waals surface area contributed by atoms with Gasteiger partial charge in [-0.3, -0.25) is 9.56 Å². The molecule has 2 heterocycles. The maximum atomic E-state index is 5.34. The topological polar surface area (TPSA) is 30.2 Å². The second-order valence-corrected chi connectivity index (χ2v) is 7.65. The molecule has 0 unspecified atom stereocenters. The number of hydrogen-bond acceptors (Lipinski definition) is 2. The molecule has 3 aromatic rings. The molecule has 118 valence electrons. The van der Waals surface area contributed by atoms with Crippen molar-refractivity contribution in [1.29, 1.82) is 0 Å². The van der Waals surface area contributed by atoms with Crippen LogP contribution >= 0.6 is 0 Å². The number of nitrogens with zero attached hydrogens (tertiary/aromatic N) is 3. The van der Waals surface area contributed by atoms with Gasteiger partial charge in [0.25, 0.3) is 0 Å². The maximum Gasteiger partial charge on any atom is 0.141 e. The Hall–Kier alpha value is -2.42. The highest BCUT2D eigenvalue weighted by molar-refractivity contribution is 6.07. The van der Waals surface area contributed by atoms with Crippen molar-refractivity contribution >= 4 is 16.9 Å². The van der Waals surface area contributed by atoms with Crippen LogP contribution in [-0.4, -0.2) is 20.9 Å². The average Bonchev–Trinajstić information content (AvgIpc) is 3.51.